The van der Waals surface area contributed by atoms with Gasteiger partial charge in [0.15, 0.2) is 0 Å². The Labute approximate surface area is 112 Å². The second kappa shape index (κ2) is 8.39. The largest absolute Gasteiger partial charge is 0.316 e. The van der Waals surface area contributed by atoms with Crippen LogP contribution in [0.5, 0.6) is 0 Å². The molecule has 0 bridgehead atoms. The van der Waals surface area contributed by atoms with E-state index in [-0.39, 0.29) is 0 Å². The molecule has 0 aromatic heterocycles. The summed E-state index contributed by atoms with van der Waals surface area (Å²) in [5.74, 6) is 1.26. The molecule has 0 saturated heterocycles. The molecule has 3 heteroatoms. The van der Waals surface area contributed by atoms with Gasteiger partial charge >= 0.3 is 0 Å². The topological polar surface area (TPSA) is 15.3 Å². The third-order valence-electron chi connectivity index (χ3n) is 3.95. The first-order chi connectivity index (χ1) is 8.22. The number of nitrogens with zero attached hydrogens (tertiary/aromatic N) is 1. The van der Waals surface area contributed by atoms with E-state index in [1.165, 1.54) is 57.5 Å². The summed E-state index contributed by atoms with van der Waals surface area (Å²) in [6, 6.07) is 0. The molecule has 1 aliphatic carbocycles. The van der Waals surface area contributed by atoms with Crippen LogP contribution in [0.1, 0.15) is 39.0 Å². The van der Waals surface area contributed by atoms with E-state index in [1.807, 2.05) is 11.8 Å². The number of nitrogens with one attached hydrogen (secondary N) is 1. The van der Waals surface area contributed by atoms with E-state index in [2.05, 4.69) is 30.4 Å². The summed E-state index contributed by atoms with van der Waals surface area (Å²) in [6.45, 7) is 7.05. The van der Waals surface area contributed by atoms with Gasteiger partial charge in [-0.1, -0.05) is 26.2 Å². The number of hydrogen-bond donors (Lipinski definition) is 1. The van der Waals surface area contributed by atoms with Gasteiger partial charge in [0.25, 0.3) is 0 Å². The van der Waals surface area contributed by atoms with Crippen LogP contribution in [0, 0.1) is 5.41 Å². The molecule has 1 N–H and O–H groups in total. The Morgan fingerprint density at radius 2 is 1.94 bits per heavy atom. The van der Waals surface area contributed by atoms with E-state index in [0.29, 0.717) is 5.41 Å². The van der Waals surface area contributed by atoms with Gasteiger partial charge in [-0.05, 0) is 38.1 Å². The predicted octanol–water partition coefficient (Wildman–Crippen LogP) is 2.84. The summed E-state index contributed by atoms with van der Waals surface area (Å²) in [5.41, 5.74) is 0.557. The monoisotopic (exact) mass is 258 g/mol. The van der Waals surface area contributed by atoms with Crippen molar-refractivity contribution >= 4 is 11.8 Å². The summed E-state index contributed by atoms with van der Waals surface area (Å²) in [4.78, 5) is 2.54. The quantitative estimate of drug-likeness (QED) is 0.721. The molecule has 1 rings (SSSR count). The summed E-state index contributed by atoms with van der Waals surface area (Å²) in [6.07, 6.45) is 9.35. The Morgan fingerprint density at radius 3 is 2.53 bits per heavy atom. The van der Waals surface area contributed by atoms with Gasteiger partial charge in [-0.2, -0.15) is 11.8 Å². The van der Waals surface area contributed by atoms with Crippen LogP contribution < -0.4 is 5.32 Å². The molecule has 0 amide bonds. The second-order valence-electron chi connectivity index (χ2n) is 5.57. The highest BCUT2D eigenvalue weighted by atomic mass is 32.2. The molecule has 1 aliphatic rings. The zero-order valence-corrected chi connectivity index (χ0v) is 12.7. The van der Waals surface area contributed by atoms with Crippen LogP contribution in [0.3, 0.4) is 0 Å². The minimum Gasteiger partial charge on any atom is -0.316 e. The molecule has 2 nitrogen and oxygen atoms in total. The predicted molar refractivity (Wildman–Crippen MR) is 79.9 cm³/mol. The molecule has 0 atom stereocenters. The Hall–Kier alpha value is 0.270. The van der Waals surface area contributed by atoms with Crippen molar-refractivity contribution in [2.75, 3.05) is 45.2 Å². The molecule has 0 aromatic carbocycles. The van der Waals surface area contributed by atoms with Crippen LogP contribution in [-0.4, -0.2) is 50.1 Å². The first kappa shape index (κ1) is 15.3. The lowest BCUT2D eigenvalue weighted by Gasteiger charge is -2.40. The SMILES string of the molecule is CCNCC1(CN(C)CCSC)CCCCC1. The van der Waals surface area contributed by atoms with Crippen molar-refractivity contribution in [3.8, 4) is 0 Å². The third-order valence-corrected chi connectivity index (χ3v) is 4.54. The van der Waals surface area contributed by atoms with Gasteiger partial charge in [0, 0.05) is 25.4 Å². The highest BCUT2D eigenvalue weighted by Crippen LogP contribution is 2.36. The standard InChI is InChI=1S/C14H30N2S/c1-4-15-12-14(8-6-5-7-9-14)13-16(2)10-11-17-3/h15H,4-13H2,1-3H3. The molecular weight excluding hydrogens is 228 g/mol. The van der Waals surface area contributed by atoms with Crippen molar-refractivity contribution in [3.63, 3.8) is 0 Å². The van der Waals surface area contributed by atoms with Crippen LogP contribution in [0.15, 0.2) is 0 Å². The molecule has 0 radical (unpaired) electrons. The van der Waals surface area contributed by atoms with Crippen LogP contribution >= 0.6 is 11.8 Å². The average molecular weight is 258 g/mol. The van der Waals surface area contributed by atoms with Gasteiger partial charge in [0.05, 0.1) is 0 Å². The summed E-state index contributed by atoms with van der Waals surface area (Å²) < 4.78 is 0. The van der Waals surface area contributed by atoms with Crippen LogP contribution in [0.2, 0.25) is 0 Å². The Bertz CT molecular complexity index is 191. The normalized spacial score (nSPS) is 19.8. The summed E-state index contributed by atoms with van der Waals surface area (Å²) in [7, 11) is 2.29. The molecule has 0 spiro atoms. The molecular formula is C14H30N2S. The first-order valence-electron chi connectivity index (χ1n) is 7.11. The Balaban J connectivity index is 2.44. The fourth-order valence-corrected chi connectivity index (χ4v) is 3.48. The average Bonchev–Trinajstić information content (AvgIpc) is 2.35. The van der Waals surface area contributed by atoms with Crippen molar-refractivity contribution in [1.82, 2.24) is 10.2 Å². The molecule has 0 unspecified atom stereocenters. The van der Waals surface area contributed by atoms with Gasteiger partial charge in [-0.25, -0.2) is 0 Å². The number of hydrogen-bond acceptors (Lipinski definition) is 3. The van der Waals surface area contributed by atoms with Crippen molar-refractivity contribution in [2.24, 2.45) is 5.41 Å². The first-order valence-corrected chi connectivity index (χ1v) is 8.50. The third kappa shape index (κ3) is 5.62. The van der Waals surface area contributed by atoms with E-state index in [0.717, 1.165) is 6.54 Å². The van der Waals surface area contributed by atoms with Crippen molar-refractivity contribution in [1.29, 1.82) is 0 Å². The maximum absolute atomic E-state index is 3.59. The van der Waals surface area contributed by atoms with Gasteiger partial charge in [-0.3, -0.25) is 0 Å². The van der Waals surface area contributed by atoms with Gasteiger partial charge in [0.1, 0.15) is 0 Å². The fraction of sp³-hybridized carbons (Fsp3) is 1.00. The smallest absolute Gasteiger partial charge is 0.00694 e. The van der Waals surface area contributed by atoms with Gasteiger partial charge in [-0.15, -0.1) is 0 Å². The molecule has 1 saturated carbocycles. The van der Waals surface area contributed by atoms with E-state index in [4.69, 9.17) is 0 Å². The highest BCUT2D eigenvalue weighted by molar-refractivity contribution is 7.98. The number of thioether (sulfide) groups is 1. The molecule has 102 valence electrons. The van der Waals surface area contributed by atoms with Crippen molar-refractivity contribution < 1.29 is 0 Å². The fourth-order valence-electron chi connectivity index (χ4n) is 2.98. The maximum Gasteiger partial charge on any atom is 0.00694 e. The summed E-state index contributed by atoms with van der Waals surface area (Å²) in [5, 5.41) is 3.59. The minimum atomic E-state index is 0.557. The Kier molecular flexibility index (Phi) is 7.56. The molecule has 0 heterocycles. The highest BCUT2D eigenvalue weighted by Gasteiger charge is 2.32. The summed E-state index contributed by atoms with van der Waals surface area (Å²) >= 11 is 1.95. The van der Waals surface area contributed by atoms with E-state index >= 15 is 0 Å². The molecule has 1 fully saturated rings. The number of rotatable bonds is 8. The van der Waals surface area contributed by atoms with Crippen LogP contribution in [0.4, 0.5) is 0 Å². The molecule has 17 heavy (non-hydrogen) atoms. The van der Waals surface area contributed by atoms with Gasteiger partial charge in [0.2, 0.25) is 0 Å². The minimum absolute atomic E-state index is 0.557. The lowest BCUT2D eigenvalue weighted by Crippen LogP contribution is -2.44. The zero-order valence-electron chi connectivity index (χ0n) is 11.9. The van der Waals surface area contributed by atoms with E-state index < -0.39 is 0 Å². The lowest BCUT2D eigenvalue weighted by molar-refractivity contribution is 0.122. The lowest BCUT2D eigenvalue weighted by atomic mass is 9.73. The van der Waals surface area contributed by atoms with Gasteiger partial charge < -0.3 is 10.2 Å². The maximum atomic E-state index is 3.59. The van der Waals surface area contributed by atoms with E-state index in [1.54, 1.807) is 0 Å². The molecule has 0 aromatic rings. The van der Waals surface area contributed by atoms with E-state index in [9.17, 15) is 0 Å². The Morgan fingerprint density at radius 1 is 1.24 bits per heavy atom. The molecule has 0 aliphatic heterocycles. The van der Waals surface area contributed by atoms with Crippen LogP contribution in [0.25, 0.3) is 0 Å². The van der Waals surface area contributed by atoms with Crippen LogP contribution in [-0.2, 0) is 0 Å². The van der Waals surface area contributed by atoms with Crippen molar-refractivity contribution in [2.45, 2.75) is 39.0 Å². The second-order valence-corrected chi connectivity index (χ2v) is 6.56. The van der Waals surface area contributed by atoms with Crippen molar-refractivity contribution in [3.05, 3.63) is 0 Å². The zero-order chi connectivity index (χ0) is 12.6.